The fourth-order valence-corrected chi connectivity index (χ4v) is 8.40. The minimum absolute atomic E-state index is 0.198. The summed E-state index contributed by atoms with van der Waals surface area (Å²) in [6.07, 6.45) is 22.1. The highest BCUT2D eigenvalue weighted by Crippen LogP contribution is 2.56. The Morgan fingerprint density at radius 1 is 0.524 bits per heavy atom. The minimum Gasteiger partial charge on any atom is -0.362 e. The van der Waals surface area contributed by atoms with Gasteiger partial charge in [0.25, 0.3) is 0 Å². The molecule has 1 aliphatic carbocycles. The lowest BCUT2D eigenvalue weighted by atomic mass is 9.73. The molecule has 3 heteroatoms. The van der Waals surface area contributed by atoms with E-state index in [4.69, 9.17) is 0 Å². The van der Waals surface area contributed by atoms with Crippen LogP contribution in [0.2, 0.25) is 0 Å². The highest BCUT2D eigenvalue weighted by Gasteiger charge is 2.48. The Hall–Kier alpha value is -8.14. The standard InChI is InChI=1S/C60H49N3/c1-45(19-14-15-39-61-55-28-8-4-9-29-55)48-22-16-23-49(42-48)50-24-17-25-51(43-50)52-26-18-27-53(44-52)54(41-46(2)47-20-6-3-7-21-47)36-40-62-56-34-37-60(38-35-56)58-32-12-13-33-59(58)63(60)57-30-10-5-11-31-57/h3-37,39-44,61-62H,1-2,38H2/b19-14-,39-15-,40-36-,54-41+. The summed E-state index contributed by atoms with van der Waals surface area (Å²) in [5.74, 6) is 0. The van der Waals surface area contributed by atoms with Crippen LogP contribution in [0.15, 0.2) is 268 Å². The van der Waals surface area contributed by atoms with E-state index in [1.54, 1.807) is 0 Å². The predicted molar refractivity (Wildman–Crippen MR) is 269 cm³/mol. The first-order valence-electron chi connectivity index (χ1n) is 21.4. The summed E-state index contributed by atoms with van der Waals surface area (Å²) >= 11 is 0. The third-order valence-corrected chi connectivity index (χ3v) is 11.7. The molecule has 3 nitrogen and oxygen atoms in total. The highest BCUT2D eigenvalue weighted by molar-refractivity contribution is 5.88. The number of nitrogens with one attached hydrogen (secondary N) is 2. The molecule has 0 amide bonds. The van der Waals surface area contributed by atoms with Crippen LogP contribution in [-0.4, -0.2) is 0 Å². The number of allylic oxidation sites excluding steroid dienone is 9. The maximum atomic E-state index is 4.48. The van der Waals surface area contributed by atoms with Crippen molar-refractivity contribution in [2.24, 2.45) is 0 Å². The molecule has 1 atom stereocenters. The van der Waals surface area contributed by atoms with Crippen molar-refractivity contribution >= 4 is 33.8 Å². The number of hydrogen-bond acceptors (Lipinski definition) is 3. The Labute approximate surface area is 372 Å². The van der Waals surface area contributed by atoms with Crippen molar-refractivity contribution in [3.63, 3.8) is 0 Å². The molecule has 9 rings (SSSR count). The van der Waals surface area contributed by atoms with E-state index in [9.17, 15) is 0 Å². The number of nitrogens with zero attached hydrogens (tertiary/aromatic N) is 1. The average Bonchev–Trinajstić information content (AvgIpc) is 3.35. The van der Waals surface area contributed by atoms with Crippen LogP contribution in [0.4, 0.5) is 17.1 Å². The maximum absolute atomic E-state index is 4.48. The van der Waals surface area contributed by atoms with Crippen molar-refractivity contribution in [3.05, 3.63) is 290 Å². The summed E-state index contributed by atoms with van der Waals surface area (Å²) in [5, 5.41) is 6.88. The van der Waals surface area contributed by atoms with Crippen LogP contribution in [0.25, 0.3) is 39.0 Å². The molecule has 7 aromatic rings. The van der Waals surface area contributed by atoms with Crippen molar-refractivity contribution in [1.29, 1.82) is 0 Å². The molecular formula is C60H49N3. The first kappa shape index (κ1) is 40.3. The number of para-hydroxylation sites is 3. The Bertz CT molecular complexity index is 2950. The van der Waals surface area contributed by atoms with Crippen LogP contribution in [0.5, 0.6) is 0 Å². The minimum atomic E-state index is -0.198. The fraction of sp³-hybridized carbons (Fsp3) is 0.0333. The molecule has 0 fully saturated rings. The smallest absolute Gasteiger partial charge is 0.0945 e. The zero-order valence-corrected chi connectivity index (χ0v) is 35.2. The summed E-state index contributed by atoms with van der Waals surface area (Å²) in [6.45, 7) is 8.83. The molecule has 1 heterocycles. The lowest BCUT2D eigenvalue weighted by Gasteiger charge is -2.54. The van der Waals surface area contributed by atoms with E-state index in [1.807, 2.05) is 67.0 Å². The van der Waals surface area contributed by atoms with E-state index < -0.39 is 0 Å². The third kappa shape index (κ3) is 9.00. The van der Waals surface area contributed by atoms with Crippen LogP contribution >= 0.6 is 0 Å². The van der Waals surface area contributed by atoms with Crippen molar-refractivity contribution in [2.45, 2.75) is 12.0 Å². The molecule has 0 saturated heterocycles. The Morgan fingerprint density at radius 2 is 1.13 bits per heavy atom. The van der Waals surface area contributed by atoms with E-state index in [-0.39, 0.29) is 5.54 Å². The lowest BCUT2D eigenvalue weighted by molar-refractivity contribution is 0.494. The highest BCUT2D eigenvalue weighted by atomic mass is 15.3. The molecule has 2 N–H and O–H groups in total. The van der Waals surface area contributed by atoms with Crippen molar-refractivity contribution < 1.29 is 0 Å². The summed E-state index contributed by atoms with van der Waals surface area (Å²) in [7, 11) is 0. The molecule has 1 unspecified atom stereocenters. The SMILES string of the molecule is C=C(/C=C\C=C/Nc1ccccc1)c1cccc(-c2cccc(-c3cccc(C(/C=C\NC4=CCC5(C=C4)c4ccccc4N5c4ccccc4)=C/C(=C)c4ccccc4)c3)c2)c1. The fourth-order valence-electron chi connectivity index (χ4n) is 8.40. The molecule has 0 aromatic heterocycles. The molecule has 7 aromatic carbocycles. The quantitative estimate of drug-likeness (QED) is 0.107. The zero-order chi connectivity index (χ0) is 42.9. The van der Waals surface area contributed by atoms with Gasteiger partial charge >= 0.3 is 0 Å². The van der Waals surface area contributed by atoms with Crippen molar-refractivity contribution in [1.82, 2.24) is 5.32 Å². The Morgan fingerprint density at radius 3 is 1.84 bits per heavy atom. The molecule has 1 spiro atoms. The number of hydrogen-bond donors (Lipinski definition) is 2. The Kier molecular flexibility index (Phi) is 11.9. The number of benzene rings is 7. The molecular weight excluding hydrogens is 763 g/mol. The number of rotatable bonds is 14. The summed E-state index contributed by atoms with van der Waals surface area (Å²) in [6, 6.07) is 66.0. The van der Waals surface area contributed by atoms with E-state index in [2.05, 4.69) is 211 Å². The molecule has 304 valence electrons. The van der Waals surface area contributed by atoms with E-state index in [0.717, 1.165) is 73.5 Å². The van der Waals surface area contributed by atoms with Gasteiger partial charge in [-0.05, 0) is 135 Å². The maximum Gasteiger partial charge on any atom is 0.0945 e. The second-order valence-corrected chi connectivity index (χ2v) is 15.8. The van der Waals surface area contributed by atoms with Gasteiger partial charge in [-0.3, -0.25) is 0 Å². The molecule has 2 aliphatic rings. The van der Waals surface area contributed by atoms with E-state index >= 15 is 0 Å². The second kappa shape index (κ2) is 18.6. The van der Waals surface area contributed by atoms with Crippen LogP contribution in [0.3, 0.4) is 0 Å². The topological polar surface area (TPSA) is 27.3 Å². The third-order valence-electron chi connectivity index (χ3n) is 11.7. The van der Waals surface area contributed by atoms with Gasteiger partial charge in [0.15, 0.2) is 0 Å². The molecule has 0 saturated carbocycles. The van der Waals surface area contributed by atoms with Crippen LogP contribution in [-0.2, 0) is 5.54 Å². The van der Waals surface area contributed by atoms with Gasteiger partial charge in [-0.15, -0.1) is 0 Å². The number of fused-ring (bicyclic) bond motifs is 2. The molecule has 0 bridgehead atoms. The van der Waals surface area contributed by atoms with Crippen LogP contribution in [0.1, 0.15) is 28.7 Å². The molecule has 63 heavy (non-hydrogen) atoms. The van der Waals surface area contributed by atoms with Crippen molar-refractivity contribution in [2.75, 3.05) is 10.2 Å². The van der Waals surface area contributed by atoms with Gasteiger partial charge in [-0.25, -0.2) is 0 Å². The molecule has 1 aliphatic heterocycles. The van der Waals surface area contributed by atoms with Gasteiger partial charge in [0.1, 0.15) is 0 Å². The largest absolute Gasteiger partial charge is 0.362 e. The van der Waals surface area contributed by atoms with Crippen molar-refractivity contribution in [3.8, 4) is 22.3 Å². The van der Waals surface area contributed by atoms with Crippen LogP contribution < -0.4 is 15.5 Å². The average molecular weight is 812 g/mol. The normalized spacial score (nSPS) is 15.7. The predicted octanol–water partition coefficient (Wildman–Crippen LogP) is 15.3. The van der Waals surface area contributed by atoms with Gasteiger partial charge in [0.2, 0.25) is 0 Å². The summed E-state index contributed by atoms with van der Waals surface area (Å²) in [4.78, 5) is 2.46. The van der Waals surface area contributed by atoms with E-state index in [1.165, 1.54) is 16.9 Å². The van der Waals surface area contributed by atoms with Gasteiger partial charge in [-0.1, -0.05) is 177 Å². The first-order valence-corrected chi connectivity index (χ1v) is 21.4. The van der Waals surface area contributed by atoms with Crippen LogP contribution in [0, 0.1) is 0 Å². The zero-order valence-electron chi connectivity index (χ0n) is 35.2. The monoisotopic (exact) mass is 811 g/mol. The second-order valence-electron chi connectivity index (χ2n) is 15.8. The van der Waals surface area contributed by atoms with Gasteiger partial charge in [0, 0.05) is 40.7 Å². The molecule has 0 radical (unpaired) electrons. The van der Waals surface area contributed by atoms with Gasteiger partial charge in [-0.2, -0.15) is 0 Å². The summed E-state index contributed by atoms with van der Waals surface area (Å²) in [5.41, 5.74) is 16.5. The van der Waals surface area contributed by atoms with E-state index in [0.29, 0.717) is 0 Å². The van der Waals surface area contributed by atoms with Gasteiger partial charge in [0.05, 0.1) is 5.54 Å². The lowest BCUT2D eigenvalue weighted by Crippen LogP contribution is -2.51. The van der Waals surface area contributed by atoms with Gasteiger partial charge < -0.3 is 15.5 Å². The first-order chi connectivity index (χ1) is 31.0. The number of anilines is 3. The summed E-state index contributed by atoms with van der Waals surface area (Å²) < 4.78 is 0. The Balaban J connectivity index is 0.932.